The molecule has 2 N–H and O–H groups in total. The standard InChI is InChI=1S/C27H22FN3O4S/c1-34-24-15-19(10-13-23(24)35-17-18-8-11-20(28)12-9-18)16-29-31-26(32)21-5-2-3-6-22(21)30-27(33)25-7-4-14-36-25/h2-16H,17H2,1H3,(H,30,33)(H,31,32)/b29-16-. The first-order chi connectivity index (χ1) is 17.5. The van der Waals surface area contributed by atoms with Crippen LogP contribution < -0.4 is 20.2 Å². The molecule has 0 aliphatic heterocycles. The molecule has 0 fully saturated rings. The summed E-state index contributed by atoms with van der Waals surface area (Å²) < 4.78 is 24.3. The third kappa shape index (κ3) is 6.34. The maximum Gasteiger partial charge on any atom is 0.273 e. The number of nitrogens with zero attached hydrogens (tertiary/aromatic N) is 1. The number of thiophene rings is 1. The Balaban J connectivity index is 1.38. The van der Waals surface area contributed by atoms with Crippen LogP contribution in [0.15, 0.2) is 89.3 Å². The van der Waals surface area contributed by atoms with Crippen LogP contribution in [-0.4, -0.2) is 25.1 Å². The molecular weight excluding hydrogens is 481 g/mol. The van der Waals surface area contributed by atoms with Crippen LogP contribution >= 0.6 is 11.3 Å². The molecular formula is C27H22FN3O4S. The fourth-order valence-electron chi connectivity index (χ4n) is 3.23. The number of benzene rings is 3. The van der Waals surface area contributed by atoms with E-state index in [2.05, 4.69) is 15.8 Å². The molecule has 0 unspecified atom stereocenters. The largest absolute Gasteiger partial charge is 0.493 e. The molecule has 0 saturated carbocycles. The number of hydrogen-bond acceptors (Lipinski definition) is 6. The topological polar surface area (TPSA) is 89.0 Å². The van der Waals surface area contributed by atoms with E-state index in [1.807, 2.05) is 0 Å². The zero-order chi connectivity index (χ0) is 25.3. The normalized spacial score (nSPS) is 10.7. The van der Waals surface area contributed by atoms with E-state index < -0.39 is 5.91 Å². The van der Waals surface area contributed by atoms with E-state index in [-0.39, 0.29) is 23.9 Å². The minimum atomic E-state index is -0.473. The summed E-state index contributed by atoms with van der Waals surface area (Å²) in [5.41, 5.74) is 4.63. The zero-order valence-corrected chi connectivity index (χ0v) is 20.1. The van der Waals surface area contributed by atoms with Gasteiger partial charge in [0, 0.05) is 0 Å². The first-order valence-electron chi connectivity index (χ1n) is 10.9. The average molecular weight is 504 g/mol. The number of carbonyl (C=O) groups excluding carboxylic acids is 2. The quantitative estimate of drug-likeness (QED) is 0.233. The van der Waals surface area contributed by atoms with Crippen molar-refractivity contribution in [3.8, 4) is 11.5 Å². The minimum Gasteiger partial charge on any atom is -0.493 e. The van der Waals surface area contributed by atoms with E-state index in [1.54, 1.807) is 72.1 Å². The molecule has 0 bridgehead atoms. The second-order valence-electron chi connectivity index (χ2n) is 7.50. The van der Waals surface area contributed by atoms with Gasteiger partial charge < -0.3 is 14.8 Å². The Morgan fingerprint density at radius 2 is 1.78 bits per heavy atom. The van der Waals surface area contributed by atoms with Crippen LogP contribution in [0.5, 0.6) is 11.5 Å². The fraction of sp³-hybridized carbons (Fsp3) is 0.0741. The number of halogens is 1. The highest BCUT2D eigenvalue weighted by atomic mass is 32.1. The van der Waals surface area contributed by atoms with E-state index in [0.717, 1.165) is 5.56 Å². The molecule has 3 aromatic carbocycles. The molecule has 0 atom stereocenters. The Hall–Kier alpha value is -4.50. The summed E-state index contributed by atoms with van der Waals surface area (Å²) in [4.78, 5) is 25.6. The van der Waals surface area contributed by atoms with Gasteiger partial charge in [-0.25, -0.2) is 9.82 Å². The summed E-state index contributed by atoms with van der Waals surface area (Å²) in [6.45, 7) is 0.253. The molecule has 1 heterocycles. The lowest BCUT2D eigenvalue weighted by molar-refractivity contribution is 0.0956. The second-order valence-corrected chi connectivity index (χ2v) is 8.45. The van der Waals surface area contributed by atoms with Crippen molar-refractivity contribution in [3.63, 3.8) is 0 Å². The van der Waals surface area contributed by atoms with Crippen molar-refractivity contribution in [2.45, 2.75) is 6.61 Å². The highest BCUT2D eigenvalue weighted by Crippen LogP contribution is 2.28. The summed E-state index contributed by atoms with van der Waals surface area (Å²) in [6.07, 6.45) is 1.47. The molecule has 0 saturated heterocycles. The molecule has 0 radical (unpaired) electrons. The molecule has 9 heteroatoms. The van der Waals surface area contributed by atoms with Gasteiger partial charge in [0.05, 0.1) is 29.5 Å². The Morgan fingerprint density at radius 1 is 0.972 bits per heavy atom. The van der Waals surface area contributed by atoms with Gasteiger partial charge in [-0.05, 0) is 65.0 Å². The van der Waals surface area contributed by atoms with Crippen molar-refractivity contribution in [3.05, 3.63) is 112 Å². The monoisotopic (exact) mass is 503 g/mol. The van der Waals surface area contributed by atoms with E-state index in [0.29, 0.717) is 27.6 Å². The van der Waals surface area contributed by atoms with Gasteiger partial charge in [-0.1, -0.05) is 30.3 Å². The number of amides is 2. The van der Waals surface area contributed by atoms with Gasteiger partial charge >= 0.3 is 0 Å². The Morgan fingerprint density at radius 3 is 2.53 bits per heavy atom. The van der Waals surface area contributed by atoms with Crippen molar-refractivity contribution < 1.29 is 23.5 Å². The van der Waals surface area contributed by atoms with Gasteiger partial charge in [-0.3, -0.25) is 9.59 Å². The highest BCUT2D eigenvalue weighted by molar-refractivity contribution is 7.12. The maximum atomic E-state index is 13.1. The van der Waals surface area contributed by atoms with Gasteiger partial charge in [0.25, 0.3) is 11.8 Å². The number of hydrazone groups is 1. The minimum absolute atomic E-state index is 0.253. The lowest BCUT2D eigenvalue weighted by Crippen LogP contribution is -2.21. The molecule has 4 rings (SSSR count). The van der Waals surface area contributed by atoms with Gasteiger partial charge in [-0.15, -0.1) is 11.3 Å². The SMILES string of the molecule is COc1cc(/C=N\NC(=O)c2ccccc2NC(=O)c2cccs2)ccc1OCc1ccc(F)cc1. The first-order valence-corrected chi connectivity index (χ1v) is 11.7. The molecule has 0 aliphatic carbocycles. The number of para-hydroxylation sites is 1. The van der Waals surface area contributed by atoms with E-state index in [1.165, 1.54) is 36.8 Å². The van der Waals surface area contributed by atoms with E-state index in [9.17, 15) is 14.0 Å². The van der Waals surface area contributed by atoms with Crippen LogP contribution in [-0.2, 0) is 6.61 Å². The Kier molecular flexibility index (Phi) is 8.05. The number of rotatable bonds is 9. The zero-order valence-electron chi connectivity index (χ0n) is 19.2. The summed E-state index contributed by atoms with van der Waals surface area (Å²) in [5.74, 6) is -0.0757. The summed E-state index contributed by atoms with van der Waals surface area (Å²) in [5, 5.41) is 8.59. The smallest absolute Gasteiger partial charge is 0.273 e. The van der Waals surface area contributed by atoms with E-state index in [4.69, 9.17) is 9.47 Å². The molecule has 7 nitrogen and oxygen atoms in total. The van der Waals surface area contributed by atoms with Gasteiger partial charge in [0.1, 0.15) is 12.4 Å². The molecule has 36 heavy (non-hydrogen) atoms. The summed E-state index contributed by atoms with van der Waals surface area (Å²) in [7, 11) is 1.52. The third-order valence-corrected chi connectivity index (χ3v) is 5.91. The van der Waals surface area contributed by atoms with Crippen LogP contribution in [0, 0.1) is 5.82 Å². The Labute approximate surface area is 211 Å². The first kappa shape index (κ1) is 24.6. The number of carbonyl (C=O) groups is 2. The number of hydrogen-bond donors (Lipinski definition) is 2. The summed E-state index contributed by atoms with van der Waals surface area (Å²) in [6, 6.07) is 21.4. The maximum absolute atomic E-state index is 13.1. The fourth-order valence-corrected chi connectivity index (χ4v) is 3.85. The van der Waals surface area contributed by atoms with Crippen molar-refractivity contribution in [1.82, 2.24) is 5.43 Å². The van der Waals surface area contributed by atoms with Gasteiger partial charge in [0.2, 0.25) is 0 Å². The van der Waals surface area contributed by atoms with Crippen LogP contribution in [0.2, 0.25) is 0 Å². The predicted octanol–water partition coefficient (Wildman–Crippen LogP) is 5.49. The Bertz CT molecular complexity index is 1370. The molecule has 182 valence electrons. The highest BCUT2D eigenvalue weighted by Gasteiger charge is 2.14. The lowest BCUT2D eigenvalue weighted by Gasteiger charge is -2.11. The third-order valence-electron chi connectivity index (χ3n) is 5.04. The van der Waals surface area contributed by atoms with Crippen LogP contribution in [0.3, 0.4) is 0 Å². The molecule has 0 aliphatic rings. The van der Waals surface area contributed by atoms with E-state index >= 15 is 0 Å². The van der Waals surface area contributed by atoms with Crippen LogP contribution in [0.4, 0.5) is 10.1 Å². The molecule has 0 spiro atoms. The molecule has 1 aromatic heterocycles. The van der Waals surface area contributed by atoms with Crippen molar-refractivity contribution in [2.24, 2.45) is 5.10 Å². The summed E-state index contributed by atoms with van der Waals surface area (Å²) >= 11 is 1.31. The predicted molar refractivity (Wildman–Crippen MR) is 138 cm³/mol. The lowest BCUT2D eigenvalue weighted by atomic mass is 10.1. The van der Waals surface area contributed by atoms with Gasteiger partial charge in [0.15, 0.2) is 11.5 Å². The second kappa shape index (κ2) is 11.8. The molecule has 2 amide bonds. The van der Waals surface area contributed by atoms with Crippen LogP contribution in [0.1, 0.15) is 31.2 Å². The number of anilines is 1. The number of methoxy groups -OCH3 is 1. The number of ether oxygens (including phenoxy) is 2. The van der Waals surface area contributed by atoms with Crippen molar-refractivity contribution >= 4 is 35.1 Å². The number of nitrogens with one attached hydrogen (secondary N) is 2. The van der Waals surface area contributed by atoms with Gasteiger partial charge in [-0.2, -0.15) is 5.10 Å². The van der Waals surface area contributed by atoms with Crippen LogP contribution in [0.25, 0.3) is 0 Å². The van der Waals surface area contributed by atoms with Crippen molar-refractivity contribution in [1.29, 1.82) is 0 Å². The average Bonchev–Trinajstić information content (AvgIpc) is 3.44. The van der Waals surface area contributed by atoms with Crippen molar-refractivity contribution in [2.75, 3.05) is 12.4 Å². The molecule has 4 aromatic rings.